The molecule has 4 rings (SSSR count). The fourth-order valence-corrected chi connectivity index (χ4v) is 4.76. The summed E-state index contributed by atoms with van der Waals surface area (Å²) in [6.45, 7) is 4.97. The van der Waals surface area contributed by atoms with Crippen molar-refractivity contribution in [1.82, 2.24) is 15.1 Å². The minimum absolute atomic E-state index is 0.00734. The topological polar surface area (TPSA) is 105 Å². The number of rotatable bonds is 8. The molecule has 3 aliphatic rings. The number of nitrogens with two attached hydrogens (primary N) is 1. The highest BCUT2D eigenvalue weighted by Gasteiger charge is 2.53. The van der Waals surface area contributed by atoms with Crippen molar-refractivity contribution in [3.63, 3.8) is 0 Å². The van der Waals surface area contributed by atoms with Crippen molar-refractivity contribution in [2.45, 2.75) is 25.8 Å². The maximum absolute atomic E-state index is 13.1. The highest BCUT2D eigenvalue weighted by molar-refractivity contribution is 6.19. The average molecular weight is 441 g/mol. The molecule has 0 bridgehead atoms. The van der Waals surface area contributed by atoms with Gasteiger partial charge < -0.3 is 20.7 Å². The molecule has 1 saturated heterocycles. The van der Waals surface area contributed by atoms with E-state index >= 15 is 0 Å². The van der Waals surface area contributed by atoms with Gasteiger partial charge in [-0.15, -0.1) is 0 Å². The first-order chi connectivity index (χ1) is 15.4. The van der Waals surface area contributed by atoms with E-state index in [1.54, 1.807) is 4.90 Å². The van der Waals surface area contributed by atoms with Crippen molar-refractivity contribution in [3.05, 3.63) is 47.0 Å². The van der Waals surface area contributed by atoms with Crippen LogP contribution in [-0.4, -0.2) is 74.0 Å². The molecule has 0 aromatic heterocycles. The minimum Gasteiger partial charge on any atom is -0.379 e. The van der Waals surface area contributed by atoms with Crippen LogP contribution in [0.15, 0.2) is 35.9 Å². The number of nitrogens with zero attached hydrogens (tertiary/aromatic N) is 2. The van der Waals surface area contributed by atoms with Gasteiger partial charge in [0.25, 0.3) is 11.8 Å². The molecule has 2 heterocycles. The molecule has 1 aromatic rings. The summed E-state index contributed by atoms with van der Waals surface area (Å²) < 4.78 is 5.41. The Bertz CT molecular complexity index is 920. The lowest BCUT2D eigenvalue weighted by atomic mass is 9.76. The number of carbonyl (C=O) groups excluding carboxylic acids is 3. The molecule has 8 nitrogen and oxygen atoms in total. The third-order valence-corrected chi connectivity index (χ3v) is 6.79. The zero-order valence-corrected chi connectivity index (χ0v) is 18.6. The van der Waals surface area contributed by atoms with Gasteiger partial charge in [0.1, 0.15) is 5.57 Å². The van der Waals surface area contributed by atoms with Crippen LogP contribution in [0.3, 0.4) is 0 Å². The summed E-state index contributed by atoms with van der Waals surface area (Å²) in [5.74, 6) is -1.24. The van der Waals surface area contributed by atoms with Gasteiger partial charge in [-0.1, -0.05) is 24.3 Å². The molecule has 0 spiro atoms. The Labute approximate surface area is 188 Å². The number of nitrogens with one attached hydrogen (secondary N) is 1. The van der Waals surface area contributed by atoms with Crippen LogP contribution in [0.25, 0.3) is 0 Å². The molecular formula is C24H32N4O4. The minimum atomic E-state index is -0.982. The van der Waals surface area contributed by atoms with Crippen LogP contribution >= 0.6 is 0 Å². The second-order valence-corrected chi connectivity index (χ2v) is 9.00. The maximum Gasteiger partial charge on any atom is 0.259 e. The predicted octanol–water partition coefficient (Wildman–Crippen LogP) is 0.458. The molecule has 1 aromatic carbocycles. The molecule has 32 heavy (non-hydrogen) atoms. The number of morpholine rings is 1. The number of primary amides is 1. The van der Waals surface area contributed by atoms with Crippen molar-refractivity contribution in [2.24, 2.45) is 17.1 Å². The van der Waals surface area contributed by atoms with Gasteiger partial charge >= 0.3 is 0 Å². The van der Waals surface area contributed by atoms with E-state index in [4.69, 9.17) is 10.5 Å². The first-order valence-corrected chi connectivity index (χ1v) is 11.3. The summed E-state index contributed by atoms with van der Waals surface area (Å²) in [7, 11) is 1.48. The van der Waals surface area contributed by atoms with E-state index in [0.29, 0.717) is 6.54 Å². The summed E-state index contributed by atoms with van der Waals surface area (Å²) in [6, 6.07) is 8.17. The number of hydrogen-bond donors (Lipinski definition) is 2. The first-order valence-electron chi connectivity index (χ1n) is 11.3. The van der Waals surface area contributed by atoms with Crippen LogP contribution in [0.2, 0.25) is 0 Å². The number of likely N-dealkylation sites (N-methyl/N-ethyl adjacent to an activating group) is 1. The summed E-state index contributed by atoms with van der Waals surface area (Å²) in [5, 5.41) is 2.52. The second kappa shape index (κ2) is 9.42. The molecule has 8 heteroatoms. The fraction of sp³-hybridized carbons (Fsp3) is 0.542. The van der Waals surface area contributed by atoms with Crippen molar-refractivity contribution >= 4 is 17.7 Å². The van der Waals surface area contributed by atoms with Gasteiger partial charge in [-0.05, 0) is 42.4 Å². The standard InChI is InChI=1S/C24H32N4O4/c1-26-21(29)20-14-24(23(25)31,19-5-6-19)16-28(22(20)30)15-18-4-2-3-17(13-18)7-8-27-9-11-32-12-10-27/h2-4,13-14,19H,5-12,15-16H2,1H3,(H2,25,31)(H,26,29). The zero-order valence-electron chi connectivity index (χ0n) is 18.6. The van der Waals surface area contributed by atoms with Gasteiger partial charge in [-0.25, -0.2) is 0 Å². The Morgan fingerprint density at radius 1 is 1.22 bits per heavy atom. The van der Waals surface area contributed by atoms with Gasteiger partial charge in [-0.2, -0.15) is 0 Å². The number of carbonyl (C=O) groups is 3. The number of benzene rings is 1. The van der Waals surface area contributed by atoms with E-state index in [1.165, 1.54) is 18.7 Å². The quantitative estimate of drug-likeness (QED) is 0.572. The largest absolute Gasteiger partial charge is 0.379 e. The summed E-state index contributed by atoms with van der Waals surface area (Å²) in [6.07, 6.45) is 4.20. The Balaban J connectivity index is 1.51. The zero-order chi connectivity index (χ0) is 22.7. The van der Waals surface area contributed by atoms with Crippen molar-refractivity contribution in [2.75, 3.05) is 46.4 Å². The molecular weight excluding hydrogens is 408 g/mol. The monoisotopic (exact) mass is 440 g/mol. The molecule has 1 saturated carbocycles. The molecule has 172 valence electrons. The lowest BCUT2D eigenvalue weighted by Crippen LogP contribution is -2.53. The molecule has 1 unspecified atom stereocenters. The second-order valence-electron chi connectivity index (χ2n) is 9.00. The Morgan fingerprint density at radius 2 is 1.94 bits per heavy atom. The molecule has 0 radical (unpaired) electrons. The first kappa shape index (κ1) is 22.5. The summed E-state index contributed by atoms with van der Waals surface area (Å²) >= 11 is 0. The van der Waals surface area contributed by atoms with Crippen LogP contribution in [0.4, 0.5) is 0 Å². The SMILES string of the molecule is CNC(=O)C1=CC(C(N)=O)(C2CC2)CN(Cc2cccc(CCN3CCOCC3)c2)C1=O. The van der Waals surface area contributed by atoms with E-state index in [1.807, 2.05) is 12.1 Å². The summed E-state index contributed by atoms with van der Waals surface area (Å²) in [5.41, 5.74) is 7.02. The average Bonchev–Trinajstić information content (AvgIpc) is 3.65. The third-order valence-electron chi connectivity index (χ3n) is 6.79. The van der Waals surface area contributed by atoms with Gasteiger partial charge in [0, 0.05) is 39.8 Å². The van der Waals surface area contributed by atoms with Crippen LogP contribution in [0.1, 0.15) is 24.0 Å². The van der Waals surface area contributed by atoms with Crippen LogP contribution < -0.4 is 11.1 Å². The highest BCUT2D eigenvalue weighted by Crippen LogP contribution is 2.49. The number of ether oxygens (including phenoxy) is 1. The van der Waals surface area contributed by atoms with Gasteiger partial charge in [-0.3, -0.25) is 19.3 Å². The number of hydrogen-bond acceptors (Lipinski definition) is 5. The highest BCUT2D eigenvalue weighted by atomic mass is 16.5. The molecule has 3 amide bonds. The lowest BCUT2D eigenvalue weighted by Gasteiger charge is -2.39. The molecule has 1 aliphatic carbocycles. The van der Waals surface area contributed by atoms with Crippen molar-refractivity contribution < 1.29 is 19.1 Å². The molecule has 2 aliphatic heterocycles. The third kappa shape index (κ3) is 4.71. The Morgan fingerprint density at radius 3 is 2.59 bits per heavy atom. The predicted molar refractivity (Wildman–Crippen MR) is 119 cm³/mol. The normalized spacial score (nSPS) is 24.2. The van der Waals surface area contributed by atoms with Crippen molar-refractivity contribution in [1.29, 1.82) is 0 Å². The molecule has 2 fully saturated rings. The van der Waals surface area contributed by atoms with Crippen molar-refractivity contribution in [3.8, 4) is 0 Å². The van der Waals surface area contributed by atoms with Gasteiger partial charge in [0.2, 0.25) is 5.91 Å². The fourth-order valence-electron chi connectivity index (χ4n) is 4.76. The van der Waals surface area contributed by atoms with Gasteiger partial charge in [0.15, 0.2) is 0 Å². The lowest BCUT2D eigenvalue weighted by molar-refractivity contribution is -0.137. The van der Waals surface area contributed by atoms with Crippen LogP contribution in [0.5, 0.6) is 0 Å². The van der Waals surface area contributed by atoms with E-state index in [2.05, 4.69) is 22.3 Å². The Hall–Kier alpha value is -2.71. The molecule has 3 N–H and O–H groups in total. The smallest absolute Gasteiger partial charge is 0.259 e. The van der Waals surface area contributed by atoms with E-state index in [0.717, 1.165) is 57.7 Å². The van der Waals surface area contributed by atoms with E-state index < -0.39 is 17.2 Å². The van der Waals surface area contributed by atoms with E-state index in [-0.39, 0.29) is 23.9 Å². The van der Waals surface area contributed by atoms with Crippen LogP contribution in [0, 0.1) is 11.3 Å². The van der Waals surface area contributed by atoms with Crippen LogP contribution in [-0.2, 0) is 32.1 Å². The maximum atomic E-state index is 13.1. The van der Waals surface area contributed by atoms with E-state index in [9.17, 15) is 14.4 Å². The van der Waals surface area contributed by atoms with Gasteiger partial charge in [0.05, 0.1) is 18.6 Å². The molecule has 1 atom stereocenters. The Kier molecular flexibility index (Phi) is 6.62. The number of amides is 3. The summed E-state index contributed by atoms with van der Waals surface area (Å²) in [4.78, 5) is 42.1.